The van der Waals surface area contributed by atoms with E-state index in [-0.39, 0.29) is 0 Å². The summed E-state index contributed by atoms with van der Waals surface area (Å²) in [7, 11) is 1.71. The Morgan fingerprint density at radius 2 is 2.10 bits per heavy atom. The standard InChI is InChI=1S/C16H23N3O/c1-20-11-9-17-12-16-13-19(14-18-16)10-5-8-15-6-3-2-4-7-15/h2-4,6-7,13-14,17H,5,8-12H2,1H3. The van der Waals surface area contributed by atoms with Gasteiger partial charge in [0.1, 0.15) is 0 Å². The van der Waals surface area contributed by atoms with Crippen molar-refractivity contribution in [2.45, 2.75) is 25.9 Å². The molecule has 1 aromatic heterocycles. The number of hydrogen-bond donors (Lipinski definition) is 1. The fourth-order valence-electron chi connectivity index (χ4n) is 2.12. The lowest BCUT2D eigenvalue weighted by Crippen LogP contribution is -2.18. The van der Waals surface area contributed by atoms with Crippen LogP contribution in [0.3, 0.4) is 0 Å². The molecule has 1 heterocycles. The van der Waals surface area contributed by atoms with E-state index in [4.69, 9.17) is 4.74 Å². The number of rotatable bonds is 9. The van der Waals surface area contributed by atoms with Crippen molar-refractivity contribution < 1.29 is 4.74 Å². The van der Waals surface area contributed by atoms with E-state index in [0.717, 1.165) is 44.8 Å². The minimum atomic E-state index is 0.734. The Labute approximate surface area is 120 Å². The van der Waals surface area contributed by atoms with E-state index in [0.29, 0.717) is 0 Å². The summed E-state index contributed by atoms with van der Waals surface area (Å²) in [6, 6.07) is 10.6. The molecule has 0 amide bonds. The van der Waals surface area contributed by atoms with Crippen LogP contribution in [0.15, 0.2) is 42.9 Å². The van der Waals surface area contributed by atoms with Crippen LogP contribution in [0.1, 0.15) is 17.7 Å². The second-order valence-corrected chi connectivity index (χ2v) is 4.86. The third-order valence-electron chi connectivity index (χ3n) is 3.20. The van der Waals surface area contributed by atoms with E-state index >= 15 is 0 Å². The topological polar surface area (TPSA) is 39.1 Å². The Morgan fingerprint density at radius 3 is 2.90 bits per heavy atom. The van der Waals surface area contributed by atoms with E-state index in [1.807, 2.05) is 6.33 Å². The molecule has 0 unspecified atom stereocenters. The number of ether oxygens (including phenoxy) is 1. The predicted molar refractivity (Wildman–Crippen MR) is 80.6 cm³/mol. The second kappa shape index (κ2) is 8.51. The number of methoxy groups -OCH3 is 1. The molecule has 0 fully saturated rings. The van der Waals surface area contributed by atoms with Crippen LogP contribution < -0.4 is 5.32 Å². The lowest BCUT2D eigenvalue weighted by molar-refractivity contribution is 0.199. The zero-order valence-electron chi connectivity index (χ0n) is 12.1. The summed E-state index contributed by atoms with van der Waals surface area (Å²) < 4.78 is 7.15. The molecule has 0 aliphatic heterocycles. The smallest absolute Gasteiger partial charge is 0.0949 e. The van der Waals surface area contributed by atoms with Gasteiger partial charge >= 0.3 is 0 Å². The maximum Gasteiger partial charge on any atom is 0.0949 e. The van der Waals surface area contributed by atoms with Gasteiger partial charge in [0.25, 0.3) is 0 Å². The summed E-state index contributed by atoms with van der Waals surface area (Å²) in [5.74, 6) is 0. The van der Waals surface area contributed by atoms with Crippen LogP contribution in [0, 0.1) is 0 Å². The zero-order valence-corrected chi connectivity index (χ0v) is 12.1. The van der Waals surface area contributed by atoms with Crippen molar-refractivity contribution >= 4 is 0 Å². The Hall–Kier alpha value is -1.65. The van der Waals surface area contributed by atoms with Gasteiger partial charge in [-0.25, -0.2) is 4.98 Å². The first-order valence-corrected chi connectivity index (χ1v) is 7.12. The molecule has 0 saturated heterocycles. The monoisotopic (exact) mass is 273 g/mol. The lowest BCUT2D eigenvalue weighted by Gasteiger charge is -2.03. The van der Waals surface area contributed by atoms with Crippen molar-refractivity contribution in [3.63, 3.8) is 0 Å². The number of nitrogens with zero attached hydrogens (tertiary/aromatic N) is 2. The van der Waals surface area contributed by atoms with Crippen molar-refractivity contribution in [3.8, 4) is 0 Å². The van der Waals surface area contributed by atoms with Crippen molar-refractivity contribution in [1.29, 1.82) is 0 Å². The molecule has 0 spiro atoms. The van der Waals surface area contributed by atoms with Crippen molar-refractivity contribution in [2.75, 3.05) is 20.3 Å². The molecule has 1 N–H and O–H groups in total. The van der Waals surface area contributed by atoms with Crippen LogP contribution in [-0.2, 0) is 24.2 Å². The fourth-order valence-corrected chi connectivity index (χ4v) is 2.12. The van der Waals surface area contributed by atoms with E-state index in [9.17, 15) is 0 Å². The largest absolute Gasteiger partial charge is 0.383 e. The minimum Gasteiger partial charge on any atom is -0.383 e. The first kappa shape index (κ1) is 14.8. The van der Waals surface area contributed by atoms with Crippen molar-refractivity contribution in [3.05, 3.63) is 54.1 Å². The number of benzene rings is 1. The number of aryl methyl sites for hydroxylation is 2. The van der Waals surface area contributed by atoms with E-state index in [1.165, 1.54) is 5.56 Å². The molecule has 0 saturated carbocycles. The molecule has 0 atom stereocenters. The summed E-state index contributed by atoms with van der Waals surface area (Å²) in [6.07, 6.45) is 6.28. The van der Waals surface area contributed by atoms with Crippen LogP contribution in [0.2, 0.25) is 0 Å². The van der Waals surface area contributed by atoms with Gasteiger partial charge in [-0.1, -0.05) is 30.3 Å². The van der Waals surface area contributed by atoms with E-state index in [2.05, 4.69) is 51.4 Å². The summed E-state index contributed by atoms with van der Waals surface area (Å²) in [5.41, 5.74) is 2.48. The maximum absolute atomic E-state index is 4.99. The Kier molecular flexibility index (Phi) is 6.27. The molecule has 108 valence electrons. The van der Waals surface area contributed by atoms with Crippen LogP contribution >= 0.6 is 0 Å². The van der Waals surface area contributed by atoms with Crippen molar-refractivity contribution in [2.24, 2.45) is 0 Å². The Bertz CT molecular complexity index is 481. The molecule has 4 heteroatoms. The molecule has 20 heavy (non-hydrogen) atoms. The van der Waals surface area contributed by atoms with Crippen LogP contribution in [0.4, 0.5) is 0 Å². The minimum absolute atomic E-state index is 0.734. The van der Waals surface area contributed by atoms with E-state index < -0.39 is 0 Å². The van der Waals surface area contributed by atoms with Crippen LogP contribution in [0.5, 0.6) is 0 Å². The van der Waals surface area contributed by atoms with Gasteiger partial charge in [-0.2, -0.15) is 0 Å². The quantitative estimate of drug-likeness (QED) is 0.712. The highest BCUT2D eigenvalue weighted by molar-refractivity contribution is 5.14. The highest BCUT2D eigenvalue weighted by atomic mass is 16.5. The Balaban J connectivity index is 1.67. The summed E-state index contributed by atoms with van der Waals surface area (Å²) in [6.45, 7) is 3.41. The second-order valence-electron chi connectivity index (χ2n) is 4.86. The van der Waals surface area contributed by atoms with Gasteiger partial charge in [0.2, 0.25) is 0 Å². The normalized spacial score (nSPS) is 10.8. The molecule has 0 aliphatic carbocycles. The highest BCUT2D eigenvalue weighted by Gasteiger charge is 1.99. The van der Waals surface area contributed by atoms with Gasteiger partial charge in [0, 0.05) is 32.9 Å². The molecule has 4 nitrogen and oxygen atoms in total. The van der Waals surface area contributed by atoms with E-state index in [1.54, 1.807) is 7.11 Å². The lowest BCUT2D eigenvalue weighted by atomic mass is 10.1. The molecule has 0 bridgehead atoms. The third-order valence-corrected chi connectivity index (χ3v) is 3.20. The van der Waals surface area contributed by atoms with Crippen molar-refractivity contribution in [1.82, 2.24) is 14.9 Å². The third kappa shape index (κ3) is 5.15. The maximum atomic E-state index is 4.99. The Morgan fingerprint density at radius 1 is 1.25 bits per heavy atom. The summed E-state index contributed by atoms with van der Waals surface area (Å²) >= 11 is 0. The number of aromatic nitrogens is 2. The SMILES string of the molecule is COCCNCc1cn(CCCc2ccccc2)cn1. The van der Waals surface area contributed by atoms with Gasteiger partial charge in [-0.15, -0.1) is 0 Å². The molecular weight excluding hydrogens is 250 g/mol. The average molecular weight is 273 g/mol. The van der Waals surface area contributed by atoms with Gasteiger partial charge < -0.3 is 14.6 Å². The molecule has 2 rings (SSSR count). The molecule has 0 radical (unpaired) electrons. The van der Waals surface area contributed by atoms with Gasteiger partial charge in [-0.3, -0.25) is 0 Å². The molecule has 1 aromatic carbocycles. The van der Waals surface area contributed by atoms with Gasteiger partial charge in [0.15, 0.2) is 0 Å². The van der Waals surface area contributed by atoms with Gasteiger partial charge in [-0.05, 0) is 18.4 Å². The molecule has 2 aromatic rings. The average Bonchev–Trinajstić information content (AvgIpc) is 2.93. The highest BCUT2D eigenvalue weighted by Crippen LogP contribution is 2.04. The van der Waals surface area contributed by atoms with Gasteiger partial charge in [0.05, 0.1) is 18.6 Å². The number of hydrogen-bond acceptors (Lipinski definition) is 3. The first-order valence-electron chi connectivity index (χ1n) is 7.12. The zero-order chi connectivity index (χ0) is 14.0. The number of nitrogens with one attached hydrogen (secondary N) is 1. The summed E-state index contributed by atoms with van der Waals surface area (Å²) in [4.78, 5) is 4.40. The number of imidazole rings is 1. The summed E-state index contributed by atoms with van der Waals surface area (Å²) in [5, 5.41) is 3.30. The molecular formula is C16H23N3O. The van der Waals surface area contributed by atoms with Crippen LogP contribution in [0.25, 0.3) is 0 Å². The first-order chi connectivity index (χ1) is 9.88. The van der Waals surface area contributed by atoms with Crippen LogP contribution in [-0.4, -0.2) is 29.8 Å². The molecule has 0 aliphatic rings. The predicted octanol–water partition coefficient (Wildman–Crippen LogP) is 2.25. The fraction of sp³-hybridized carbons (Fsp3) is 0.438.